The highest BCUT2D eigenvalue weighted by atomic mass is 35.5. The van der Waals surface area contributed by atoms with Gasteiger partial charge in [0.1, 0.15) is 0 Å². The summed E-state index contributed by atoms with van der Waals surface area (Å²) in [6.45, 7) is 8.30. The van der Waals surface area contributed by atoms with E-state index in [9.17, 15) is 0 Å². The highest BCUT2D eigenvalue weighted by molar-refractivity contribution is 7.21. The second-order valence-electron chi connectivity index (χ2n) is 10.9. The Bertz CT molecular complexity index is 1710. The summed E-state index contributed by atoms with van der Waals surface area (Å²) in [4.78, 5) is 1.39. The molecule has 3 aromatic carbocycles. The Morgan fingerprint density at radius 3 is 2.50 bits per heavy atom. The van der Waals surface area contributed by atoms with Gasteiger partial charge in [-0.25, -0.2) is 0 Å². The Hall–Kier alpha value is -2.57. The molecule has 0 N–H and O–H groups in total. The van der Waals surface area contributed by atoms with Crippen molar-refractivity contribution in [2.75, 3.05) is 0 Å². The minimum absolute atomic E-state index is 0.411. The quantitative estimate of drug-likeness (QED) is 0.225. The molecule has 6 heteroatoms. The fourth-order valence-electron chi connectivity index (χ4n) is 5.61. The molecule has 1 saturated heterocycles. The summed E-state index contributed by atoms with van der Waals surface area (Å²) < 4.78 is 16.4. The van der Waals surface area contributed by atoms with Crippen molar-refractivity contribution < 1.29 is 9.31 Å². The van der Waals surface area contributed by atoms with Crippen LogP contribution in [0.25, 0.3) is 43.7 Å². The van der Waals surface area contributed by atoms with Gasteiger partial charge < -0.3 is 13.9 Å². The fourth-order valence-corrected chi connectivity index (χ4v) is 7.18. The average Bonchev–Trinajstić information content (AvgIpc) is 3.45. The Morgan fingerprint density at radius 2 is 1.69 bits per heavy atom. The van der Waals surface area contributed by atoms with Crippen LogP contribution in [-0.4, -0.2) is 22.9 Å². The molecule has 1 aliphatic heterocycles. The lowest BCUT2D eigenvalue weighted by atomic mass is 9.79. The summed E-state index contributed by atoms with van der Waals surface area (Å²) in [5.41, 5.74) is 4.97. The van der Waals surface area contributed by atoms with Gasteiger partial charge in [-0.1, -0.05) is 41.9 Å². The van der Waals surface area contributed by atoms with Crippen LogP contribution in [0, 0.1) is 0 Å². The molecule has 180 valence electrons. The number of allylic oxidation sites excluding steroid dienone is 1. The van der Waals surface area contributed by atoms with Gasteiger partial charge in [-0.05, 0) is 93.4 Å². The van der Waals surface area contributed by atoms with Crippen LogP contribution in [0.15, 0.2) is 60.7 Å². The van der Waals surface area contributed by atoms with Gasteiger partial charge in [-0.15, -0.1) is 11.3 Å². The van der Waals surface area contributed by atoms with Gasteiger partial charge >= 0.3 is 7.12 Å². The van der Waals surface area contributed by atoms with Crippen LogP contribution in [0.5, 0.6) is 0 Å². The maximum atomic E-state index is 6.72. The zero-order chi connectivity index (χ0) is 24.8. The number of halogens is 1. The van der Waals surface area contributed by atoms with Gasteiger partial charge in [0.2, 0.25) is 0 Å². The van der Waals surface area contributed by atoms with Gasteiger partial charge in [0, 0.05) is 31.1 Å². The molecule has 0 spiro atoms. The zero-order valence-electron chi connectivity index (χ0n) is 20.9. The van der Waals surface area contributed by atoms with Gasteiger partial charge in [0.05, 0.1) is 22.2 Å². The van der Waals surface area contributed by atoms with Crippen molar-refractivity contribution in [1.29, 1.82) is 0 Å². The number of fused-ring (bicyclic) bond motifs is 7. The van der Waals surface area contributed by atoms with Crippen molar-refractivity contribution in [3.8, 4) is 5.69 Å². The number of rotatable bonds is 2. The number of benzene rings is 3. The van der Waals surface area contributed by atoms with E-state index in [2.05, 4.69) is 86.9 Å². The van der Waals surface area contributed by atoms with E-state index in [0.717, 1.165) is 24.0 Å². The number of aromatic nitrogens is 1. The summed E-state index contributed by atoms with van der Waals surface area (Å²) in [6, 6.07) is 19.4. The third kappa shape index (κ3) is 3.20. The lowest BCUT2D eigenvalue weighted by molar-refractivity contribution is 0.00578. The van der Waals surface area contributed by atoms with E-state index < -0.39 is 18.3 Å². The van der Waals surface area contributed by atoms with E-state index in [1.54, 1.807) is 0 Å². The highest BCUT2D eigenvalue weighted by Gasteiger charge is 2.51. The third-order valence-corrected chi connectivity index (χ3v) is 9.59. The Morgan fingerprint density at radius 1 is 0.917 bits per heavy atom. The normalized spacial score (nSPS) is 18.5. The van der Waals surface area contributed by atoms with E-state index in [4.69, 9.17) is 20.9 Å². The maximum absolute atomic E-state index is 6.72. The monoisotopic (exact) mass is 511 g/mol. The van der Waals surface area contributed by atoms with E-state index >= 15 is 0 Å². The van der Waals surface area contributed by atoms with E-state index in [-0.39, 0.29) is 0 Å². The predicted molar refractivity (Wildman–Crippen MR) is 154 cm³/mol. The summed E-state index contributed by atoms with van der Waals surface area (Å²) in [7, 11) is -0.469. The van der Waals surface area contributed by atoms with Crippen LogP contribution >= 0.6 is 22.9 Å². The second kappa shape index (κ2) is 7.72. The van der Waals surface area contributed by atoms with Gasteiger partial charge in [0.25, 0.3) is 0 Å². The smallest absolute Gasteiger partial charge is 0.399 e. The third-order valence-electron chi connectivity index (χ3n) is 8.14. The Kier molecular flexibility index (Phi) is 4.85. The van der Waals surface area contributed by atoms with Crippen molar-refractivity contribution in [3.05, 3.63) is 76.1 Å². The molecule has 0 atom stereocenters. The zero-order valence-corrected chi connectivity index (χ0v) is 22.5. The average molecular weight is 512 g/mol. The molecular formula is C30H27BClNO2S. The molecule has 7 rings (SSSR count). The second-order valence-corrected chi connectivity index (χ2v) is 12.4. The molecule has 1 aliphatic carbocycles. The standard InChI is InChI=1S/C30H27BClNO2S/c1-29(2)30(3,4)35-31(34-29)18-15-19(32)17-20(16-18)33-24-11-7-5-10-23(24)27-25(33)14-13-22-21-9-6-8-12-26(21)36-28(22)27/h5,7-8,10-17H,6,9H2,1-4H3. The summed E-state index contributed by atoms with van der Waals surface area (Å²) in [5, 5.41) is 4.63. The van der Waals surface area contributed by atoms with Crippen LogP contribution in [-0.2, 0) is 15.7 Å². The largest absolute Gasteiger partial charge is 0.494 e. The number of hydrogen-bond acceptors (Lipinski definition) is 3. The molecule has 3 heterocycles. The molecule has 0 unspecified atom stereocenters. The molecule has 0 saturated carbocycles. The van der Waals surface area contributed by atoms with Crippen LogP contribution in [0.1, 0.15) is 44.6 Å². The first kappa shape index (κ1) is 22.6. The first-order valence-corrected chi connectivity index (χ1v) is 13.7. The molecule has 3 nitrogen and oxygen atoms in total. The van der Waals surface area contributed by atoms with Crippen LogP contribution in [0.4, 0.5) is 0 Å². The van der Waals surface area contributed by atoms with Crippen molar-refractivity contribution >= 4 is 73.5 Å². The number of hydrogen-bond donors (Lipinski definition) is 0. The van der Waals surface area contributed by atoms with Gasteiger partial charge in [-0.3, -0.25) is 0 Å². The van der Waals surface area contributed by atoms with Crippen molar-refractivity contribution in [2.24, 2.45) is 0 Å². The first-order valence-electron chi connectivity index (χ1n) is 12.5. The number of thiophene rings is 1. The lowest BCUT2D eigenvalue weighted by Crippen LogP contribution is -2.41. The number of aryl methyl sites for hydroxylation is 1. The van der Waals surface area contributed by atoms with Gasteiger partial charge in [-0.2, -0.15) is 0 Å². The van der Waals surface area contributed by atoms with Crippen molar-refractivity contribution in [1.82, 2.24) is 4.57 Å². The highest BCUT2D eigenvalue weighted by Crippen LogP contribution is 2.44. The first-order chi connectivity index (χ1) is 17.2. The topological polar surface area (TPSA) is 23.4 Å². The summed E-state index contributed by atoms with van der Waals surface area (Å²) >= 11 is 8.64. The van der Waals surface area contributed by atoms with Crippen molar-refractivity contribution in [2.45, 2.75) is 51.7 Å². The van der Waals surface area contributed by atoms with E-state index in [1.165, 1.54) is 42.3 Å². The SMILES string of the molecule is CC1(C)OB(c2cc(Cl)cc(-n3c4ccccc4c4c5sc6c(c5ccc43)CCC=C6)c2)OC1(C)C. The van der Waals surface area contributed by atoms with Crippen LogP contribution in [0.2, 0.25) is 5.02 Å². The van der Waals surface area contributed by atoms with E-state index in [1.807, 2.05) is 23.5 Å². The number of para-hydroxylation sites is 1. The predicted octanol–water partition coefficient (Wildman–Crippen LogP) is 7.91. The minimum atomic E-state index is -0.469. The maximum Gasteiger partial charge on any atom is 0.494 e. The fraction of sp³-hybridized carbons (Fsp3) is 0.267. The molecule has 0 bridgehead atoms. The summed E-state index contributed by atoms with van der Waals surface area (Å²) in [5.74, 6) is 0. The molecule has 2 aliphatic rings. The Balaban J connectivity index is 1.48. The molecule has 2 aromatic heterocycles. The minimum Gasteiger partial charge on any atom is -0.399 e. The molecule has 0 radical (unpaired) electrons. The summed E-state index contributed by atoms with van der Waals surface area (Å²) in [6.07, 6.45) is 6.81. The molecule has 5 aromatic rings. The lowest BCUT2D eigenvalue weighted by Gasteiger charge is -2.32. The van der Waals surface area contributed by atoms with Crippen molar-refractivity contribution in [3.63, 3.8) is 0 Å². The molecule has 1 fully saturated rings. The van der Waals surface area contributed by atoms with Gasteiger partial charge in [0.15, 0.2) is 0 Å². The van der Waals surface area contributed by atoms with Crippen LogP contribution in [0.3, 0.4) is 0 Å². The Labute approximate surface area is 220 Å². The molecular weight excluding hydrogens is 485 g/mol. The van der Waals surface area contributed by atoms with Crippen LogP contribution < -0.4 is 5.46 Å². The molecule has 0 amide bonds. The molecule has 36 heavy (non-hydrogen) atoms. The van der Waals surface area contributed by atoms with E-state index in [0.29, 0.717) is 5.02 Å². The number of nitrogens with zero attached hydrogens (tertiary/aromatic N) is 1.